The summed E-state index contributed by atoms with van der Waals surface area (Å²) in [5, 5.41) is 4.02. The Balaban J connectivity index is 2.08. The number of hydrogen-bond acceptors (Lipinski definition) is 3. The third-order valence-electron chi connectivity index (χ3n) is 3.55. The molecular formula is C19H22ClNO2. The van der Waals surface area contributed by atoms with Crippen molar-refractivity contribution in [3.63, 3.8) is 0 Å². The topological polar surface area (TPSA) is 30.5 Å². The van der Waals surface area contributed by atoms with Crippen LogP contribution in [0.25, 0.3) is 0 Å². The highest BCUT2D eigenvalue weighted by Crippen LogP contribution is 2.36. The quantitative estimate of drug-likeness (QED) is 0.707. The van der Waals surface area contributed by atoms with E-state index >= 15 is 0 Å². The number of methoxy groups -OCH3 is 1. The molecule has 0 unspecified atom stereocenters. The number of nitrogens with one attached hydrogen (secondary N) is 1. The number of halogens is 1. The van der Waals surface area contributed by atoms with Gasteiger partial charge in [-0.05, 0) is 30.2 Å². The predicted molar refractivity (Wildman–Crippen MR) is 95.4 cm³/mol. The lowest BCUT2D eigenvalue weighted by molar-refractivity contribution is 0.326. The first-order valence-electron chi connectivity index (χ1n) is 7.54. The average molecular weight is 332 g/mol. The molecule has 2 rings (SSSR count). The molecule has 0 aliphatic heterocycles. The molecule has 0 radical (unpaired) electrons. The van der Waals surface area contributed by atoms with E-state index in [2.05, 4.69) is 31.0 Å². The third kappa shape index (κ3) is 4.75. The Morgan fingerprint density at radius 3 is 2.65 bits per heavy atom. The fraction of sp³-hybridized carbons (Fsp3) is 0.263. The van der Waals surface area contributed by atoms with Crippen LogP contribution >= 0.6 is 11.6 Å². The molecule has 0 aromatic heterocycles. The van der Waals surface area contributed by atoms with E-state index in [0.717, 1.165) is 5.56 Å². The fourth-order valence-corrected chi connectivity index (χ4v) is 2.58. The molecule has 23 heavy (non-hydrogen) atoms. The van der Waals surface area contributed by atoms with Crippen molar-refractivity contribution < 1.29 is 9.47 Å². The normalized spacial score (nSPS) is 11.8. The van der Waals surface area contributed by atoms with Crippen LogP contribution in [0, 0.1) is 0 Å². The zero-order valence-electron chi connectivity index (χ0n) is 13.5. The van der Waals surface area contributed by atoms with Crippen molar-refractivity contribution in [1.29, 1.82) is 0 Å². The van der Waals surface area contributed by atoms with Gasteiger partial charge in [-0.25, -0.2) is 0 Å². The van der Waals surface area contributed by atoms with E-state index in [4.69, 9.17) is 21.1 Å². The molecule has 2 aromatic rings. The maximum absolute atomic E-state index is 6.31. The van der Waals surface area contributed by atoms with Gasteiger partial charge in [-0.1, -0.05) is 54.6 Å². The van der Waals surface area contributed by atoms with Gasteiger partial charge in [0.25, 0.3) is 0 Å². The van der Waals surface area contributed by atoms with Gasteiger partial charge in [0.2, 0.25) is 0 Å². The van der Waals surface area contributed by atoms with Crippen molar-refractivity contribution in [3.05, 3.63) is 71.3 Å². The van der Waals surface area contributed by atoms with Crippen LogP contribution in [0.2, 0.25) is 5.02 Å². The molecule has 0 aliphatic carbocycles. The monoisotopic (exact) mass is 331 g/mol. The largest absolute Gasteiger partial charge is 0.493 e. The van der Waals surface area contributed by atoms with Crippen LogP contribution < -0.4 is 14.8 Å². The molecule has 0 amide bonds. The molecule has 0 saturated carbocycles. The first-order valence-corrected chi connectivity index (χ1v) is 7.92. The summed E-state index contributed by atoms with van der Waals surface area (Å²) in [6.45, 7) is 6.85. The molecule has 0 aliphatic rings. The summed E-state index contributed by atoms with van der Waals surface area (Å²) >= 11 is 6.31. The molecule has 1 atom stereocenters. The molecule has 0 spiro atoms. The smallest absolute Gasteiger partial charge is 0.180 e. The molecule has 1 N–H and O–H groups in total. The number of ether oxygens (including phenoxy) is 2. The van der Waals surface area contributed by atoms with E-state index < -0.39 is 0 Å². The highest BCUT2D eigenvalue weighted by molar-refractivity contribution is 6.32. The Bertz CT molecular complexity index is 643. The van der Waals surface area contributed by atoms with E-state index in [1.165, 1.54) is 5.56 Å². The Morgan fingerprint density at radius 2 is 2.00 bits per heavy atom. The summed E-state index contributed by atoms with van der Waals surface area (Å²) in [4.78, 5) is 0. The van der Waals surface area contributed by atoms with Crippen molar-refractivity contribution in [1.82, 2.24) is 5.32 Å². The minimum absolute atomic E-state index is 0.248. The van der Waals surface area contributed by atoms with Gasteiger partial charge < -0.3 is 14.8 Å². The minimum Gasteiger partial charge on any atom is -0.493 e. The zero-order valence-corrected chi connectivity index (χ0v) is 14.3. The van der Waals surface area contributed by atoms with E-state index in [1.54, 1.807) is 13.2 Å². The first-order chi connectivity index (χ1) is 11.2. The molecule has 0 heterocycles. The Morgan fingerprint density at radius 1 is 1.26 bits per heavy atom. The van der Waals surface area contributed by atoms with Crippen molar-refractivity contribution in [2.24, 2.45) is 0 Å². The van der Waals surface area contributed by atoms with E-state index in [9.17, 15) is 0 Å². The van der Waals surface area contributed by atoms with Crippen molar-refractivity contribution in [2.75, 3.05) is 13.7 Å². The summed E-state index contributed by atoms with van der Waals surface area (Å²) in [6, 6.07) is 14.4. The zero-order chi connectivity index (χ0) is 16.7. The van der Waals surface area contributed by atoms with Crippen LogP contribution in [-0.2, 0) is 6.54 Å². The molecule has 0 saturated heterocycles. The van der Waals surface area contributed by atoms with Gasteiger partial charge in [0.05, 0.1) is 12.1 Å². The van der Waals surface area contributed by atoms with Gasteiger partial charge in [0, 0.05) is 12.6 Å². The molecule has 4 heteroatoms. The number of benzene rings is 2. The van der Waals surface area contributed by atoms with Crippen LogP contribution in [-0.4, -0.2) is 13.7 Å². The Labute approximate surface area is 142 Å². The van der Waals surface area contributed by atoms with Crippen molar-refractivity contribution >= 4 is 11.6 Å². The molecular weight excluding hydrogens is 310 g/mol. The second kappa shape index (κ2) is 8.61. The standard InChI is InChI=1S/C19H22ClNO2/c1-4-10-23-19-17(20)11-15(12-18(19)22-3)13-21-14(2)16-8-6-5-7-9-16/h4-9,11-12,14,21H,1,10,13H2,2-3H3/t14-/m1/s1. The highest BCUT2D eigenvalue weighted by Gasteiger charge is 2.12. The molecule has 3 nitrogen and oxygen atoms in total. The summed E-state index contributed by atoms with van der Waals surface area (Å²) < 4.78 is 10.9. The van der Waals surface area contributed by atoms with Gasteiger partial charge in [-0.15, -0.1) is 0 Å². The maximum Gasteiger partial charge on any atom is 0.180 e. The van der Waals surface area contributed by atoms with Crippen LogP contribution in [0.3, 0.4) is 0 Å². The Hall–Kier alpha value is -1.97. The van der Waals surface area contributed by atoms with E-state index in [0.29, 0.717) is 29.7 Å². The third-order valence-corrected chi connectivity index (χ3v) is 3.83. The molecule has 0 bridgehead atoms. The fourth-order valence-electron chi connectivity index (χ4n) is 2.29. The number of hydrogen-bond donors (Lipinski definition) is 1. The van der Waals surface area contributed by atoms with Crippen LogP contribution in [0.1, 0.15) is 24.1 Å². The molecule has 0 fully saturated rings. The highest BCUT2D eigenvalue weighted by atomic mass is 35.5. The lowest BCUT2D eigenvalue weighted by Crippen LogP contribution is -2.18. The van der Waals surface area contributed by atoms with Crippen LogP contribution in [0.5, 0.6) is 11.5 Å². The average Bonchev–Trinajstić information content (AvgIpc) is 2.59. The van der Waals surface area contributed by atoms with Gasteiger partial charge in [-0.3, -0.25) is 0 Å². The first kappa shape index (κ1) is 17.4. The van der Waals surface area contributed by atoms with Crippen molar-refractivity contribution in [3.8, 4) is 11.5 Å². The maximum atomic E-state index is 6.31. The number of rotatable bonds is 8. The van der Waals surface area contributed by atoms with Gasteiger partial charge >= 0.3 is 0 Å². The lowest BCUT2D eigenvalue weighted by Gasteiger charge is -2.16. The summed E-state index contributed by atoms with van der Waals surface area (Å²) in [6.07, 6.45) is 1.67. The van der Waals surface area contributed by atoms with Gasteiger partial charge in [-0.2, -0.15) is 0 Å². The summed E-state index contributed by atoms with van der Waals surface area (Å²) in [5.41, 5.74) is 2.29. The minimum atomic E-state index is 0.248. The van der Waals surface area contributed by atoms with Crippen molar-refractivity contribution in [2.45, 2.75) is 19.5 Å². The van der Waals surface area contributed by atoms with E-state index in [1.807, 2.05) is 30.3 Å². The SMILES string of the molecule is C=CCOc1c(Cl)cc(CN[C@H](C)c2ccccc2)cc1OC. The second-order valence-electron chi connectivity index (χ2n) is 5.22. The summed E-state index contributed by atoms with van der Waals surface area (Å²) in [7, 11) is 1.61. The molecule has 122 valence electrons. The van der Waals surface area contributed by atoms with Gasteiger partial charge in [0.15, 0.2) is 11.5 Å². The summed E-state index contributed by atoms with van der Waals surface area (Å²) in [5.74, 6) is 1.18. The molecule has 2 aromatic carbocycles. The second-order valence-corrected chi connectivity index (χ2v) is 5.63. The van der Waals surface area contributed by atoms with Crippen LogP contribution in [0.15, 0.2) is 55.1 Å². The predicted octanol–water partition coefficient (Wildman–Crippen LogP) is 4.76. The van der Waals surface area contributed by atoms with E-state index in [-0.39, 0.29) is 6.04 Å². The van der Waals surface area contributed by atoms with Gasteiger partial charge in [0.1, 0.15) is 6.61 Å². The van der Waals surface area contributed by atoms with Crippen LogP contribution in [0.4, 0.5) is 0 Å². The Kier molecular flexibility index (Phi) is 6.51. The lowest BCUT2D eigenvalue weighted by atomic mass is 10.1.